The Morgan fingerprint density at radius 1 is 1.33 bits per heavy atom. The van der Waals surface area contributed by atoms with Crippen LogP contribution in [0.4, 0.5) is 4.39 Å². The van der Waals surface area contributed by atoms with Gasteiger partial charge < -0.3 is 9.42 Å². The summed E-state index contributed by atoms with van der Waals surface area (Å²) in [5.74, 6) is -0.631. The summed E-state index contributed by atoms with van der Waals surface area (Å²) >= 11 is 0. The molecule has 128 valence electrons. The van der Waals surface area contributed by atoms with Gasteiger partial charge in [-0.3, -0.25) is 4.79 Å². The third-order valence-corrected chi connectivity index (χ3v) is 6.24. The van der Waals surface area contributed by atoms with Gasteiger partial charge >= 0.3 is 0 Å². The number of rotatable bonds is 2. The number of aromatic nitrogens is 1. The largest absolute Gasteiger partial charge is 0.361 e. The predicted octanol–water partition coefficient (Wildman–Crippen LogP) is 2.12. The van der Waals surface area contributed by atoms with Gasteiger partial charge in [0, 0.05) is 24.7 Å². The van der Waals surface area contributed by atoms with Crippen LogP contribution in [0.2, 0.25) is 0 Å². The smallest absolute Gasteiger partial charge is 0.276 e. The van der Waals surface area contributed by atoms with Crippen molar-refractivity contribution >= 4 is 15.7 Å². The first-order valence-corrected chi connectivity index (χ1v) is 9.28. The molecule has 0 aliphatic carbocycles. The Labute approximate surface area is 139 Å². The fraction of sp³-hybridized carbons (Fsp3) is 0.375. The molecule has 1 saturated heterocycles. The van der Waals surface area contributed by atoms with Crippen molar-refractivity contribution in [3.63, 3.8) is 0 Å². The molecule has 0 radical (unpaired) electrons. The lowest BCUT2D eigenvalue weighted by molar-refractivity contribution is 0.0756. The number of halogens is 1. The number of carbonyl (C=O) groups is 1. The minimum Gasteiger partial charge on any atom is -0.361 e. The van der Waals surface area contributed by atoms with Crippen molar-refractivity contribution in [2.24, 2.45) is 0 Å². The van der Waals surface area contributed by atoms with Crippen molar-refractivity contribution in [2.75, 3.05) is 18.8 Å². The van der Waals surface area contributed by atoms with Crippen molar-refractivity contribution < 1.29 is 22.1 Å². The van der Waals surface area contributed by atoms with E-state index in [1.165, 1.54) is 29.2 Å². The summed E-state index contributed by atoms with van der Waals surface area (Å²) in [6.07, 6.45) is 0.145. The maximum Gasteiger partial charge on any atom is 0.276 e. The third-order valence-electron chi connectivity index (χ3n) is 4.13. The molecule has 0 spiro atoms. The van der Waals surface area contributed by atoms with Crippen LogP contribution in [0, 0.1) is 12.7 Å². The van der Waals surface area contributed by atoms with Gasteiger partial charge in [-0.25, -0.2) is 12.8 Å². The molecule has 1 aromatic carbocycles. The van der Waals surface area contributed by atoms with E-state index in [-0.39, 0.29) is 42.4 Å². The van der Waals surface area contributed by atoms with Crippen molar-refractivity contribution in [3.8, 4) is 0 Å². The lowest BCUT2D eigenvalue weighted by Gasteiger charge is -2.18. The van der Waals surface area contributed by atoms with E-state index in [4.69, 9.17) is 4.52 Å². The van der Waals surface area contributed by atoms with Crippen molar-refractivity contribution in [3.05, 3.63) is 53.2 Å². The van der Waals surface area contributed by atoms with Crippen LogP contribution in [0.1, 0.15) is 33.5 Å². The summed E-state index contributed by atoms with van der Waals surface area (Å²) < 4.78 is 43.9. The molecule has 0 bridgehead atoms. The lowest BCUT2D eigenvalue weighted by Crippen LogP contribution is -2.33. The molecule has 2 aromatic rings. The van der Waals surface area contributed by atoms with Gasteiger partial charge in [-0.1, -0.05) is 23.4 Å². The van der Waals surface area contributed by atoms with E-state index in [0.717, 1.165) is 0 Å². The molecule has 1 fully saturated rings. The number of sulfone groups is 1. The van der Waals surface area contributed by atoms with E-state index >= 15 is 0 Å². The Bertz CT molecular complexity index is 862. The lowest BCUT2D eigenvalue weighted by atomic mass is 10.1. The standard InChI is InChI=1S/C16H17FN2O4S/c1-11-10-14(18-23-11)16(20)19-7-6-15(24(21,22)9-8-19)12-4-2-3-5-13(12)17/h2-5,10,15H,6-9H2,1H3. The molecular formula is C16H17FN2O4S. The van der Waals surface area contributed by atoms with E-state index in [9.17, 15) is 17.6 Å². The Balaban J connectivity index is 1.85. The first kappa shape index (κ1) is 16.6. The highest BCUT2D eigenvalue weighted by molar-refractivity contribution is 7.91. The maximum absolute atomic E-state index is 14.0. The molecule has 3 rings (SSSR count). The van der Waals surface area contributed by atoms with Crippen LogP contribution in [0.25, 0.3) is 0 Å². The molecule has 8 heteroatoms. The van der Waals surface area contributed by atoms with Gasteiger partial charge in [0.2, 0.25) is 0 Å². The first-order valence-electron chi connectivity index (χ1n) is 7.57. The summed E-state index contributed by atoms with van der Waals surface area (Å²) in [4.78, 5) is 13.8. The number of hydrogen-bond acceptors (Lipinski definition) is 5. The zero-order valence-electron chi connectivity index (χ0n) is 13.1. The number of benzene rings is 1. The molecule has 1 atom stereocenters. The highest BCUT2D eigenvalue weighted by Gasteiger charge is 2.34. The number of nitrogens with zero attached hydrogens (tertiary/aromatic N) is 2. The van der Waals surface area contributed by atoms with E-state index in [1.54, 1.807) is 13.0 Å². The molecule has 0 N–H and O–H groups in total. The molecule has 2 heterocycles. The second-order valence-corrected chi connectivity index (χ2v) is 8.08. The zero-order valence-corrected chi connectivity index (χ0v) is 13.9. The Morgan fingerprint density at radius 3 is 2.75 bits per heavy atom. The molecule has 0 saturated carbocycles. The average Bonchev–Trinajstić information content (AvgIpc) is 2.90. The second-order valence-electron chi connectivity index (χ2n) is 5.78. The Kier molecular flexibility index (Phi) is 4.40. The molecular weight excluding hydrogens is 335 g/mol. The van der Waals surface area contributed by atoms with Crippen molar-refractivity contribution in [1.29, 1.82) is 0 Å². The second kappa shape index (κ2) is 6.35. The number of aryl methyl sites for hydroxylation is 1. The summed E-state index contributed by atoms with van der Waals surface area (Å²) in [6.45, 7) is 1.94. The fourth-order valence-electron chi connectivity index (χ4n) is 2.86. The van der Waals surface area contributed by atoms with Gasteiger partial charge in [-0.15, -0.1) is 0 Å². The van der Waals surface area contributed by atoms with Gasteiger partial charge in [0.1, 0.15) is 11.6 Å². The van der Waals surface area contributed by atoms with Crippen LogP contribution < -0.4 is 0 Å². The van der Waals surface area contributed by atoms with Gasteiger partial charge in [-0.05, 0) is 19.4 Å². The van der Waals surface area contributed by atoms with Crippen LogP contribution in [0.3, 0.4) is 0 Å². The Morgan fingerprint density at radius 2 is 2.08 bits per heavy atom. The van der Waals surface area contributed by atoms with E-state index < -0.39 is 20.9 Å². The van der Waals surface area contributed by atoms with Crippen molar-refractivity contribution in [2.45, 2.75) is 18.6 Å². The van der Waals surface area contributed by atoms with Gasteiger partial charge in [-0.2, -0.15) is 0 Å². The summed E-state index contributed by atoms with van der Waals surface area (Å²) in [5.41, 5.74) is 0.304. The van der Waals surface area contributed by atoms with Crippen LogP contribution in [0.15, 0.2) is 34.9 Å². The number of carbonyl (C=O) groups excluding carboxylic acids is 1. The SMILES string of the molecule is Cc1cc(C(=O)N2CCC(c3ccccc3F)S(=O)(=O)CC2)no1. The van der Waals surface area contributed by atoms with E-state index in [2.05, 4.69) is 5.16 Å². The molecule has 1 aliphatic rings. The normalized spacial score (nSPS) is 20.6. The minimum atomic E-state index is -3.56. The monoisotopic (exact) mass is 352 g/mol. The fourth-order valence-corrected chi connectivity index (χ4v) is 4.66. The van der Waals surface area contributed by atoms with Crippen LogP contribution >= 0.6 is 0 Å². The summed E-state index contributed by atoms with van der Waals surface area (Å²) in [6, 6.07) is 7.37. The molecule has 1 aromatic heterocycles. The Hall–Kier alpha value is -2.22. The molecule has 1 amide bonds. The quantitative estimate of drug-likeness (QED) is 0.827. The van der Waals surface area contributed by atoms with Gasteiger partial charge in [0.15, 0.2) is 15.5 Å². The topological polar surface area (TPSA) is 80.5 Å². The first-order chi connectivity index (χ1) is 11.4. The molecule has 1 unspecified atom stereocenters. The predicted molar refractivity (Wildman–Crippen MR) is 84.7 cm³/mol. The molecule has 6 nitrogen and oxygen atoms in total. The highest BCUT2D eigenvalue weighted by Crippen LogP contribution is 2.31. The van der Waals surface area contributed by atoms with E-state index in [1.807, 2.05) is 0 Å². The average molecular weight is 352 g/mol. The van der Waals surface area contributed by atoms with Crippen molar-refractivity contribution in [1.82, 2.24) is 10.1 Å². The van der Waals surface area contributed by atoms with Crippen LogP contribution in [-0.4, -0.2) is 43.2 Å². The summed E-state index contributed by atoms with van der Waals surface area (Å²) in [5, 5.41) is 2.72. The van der Waals surface area contributed by atoms with E-state index in [0.29, 0.717) is 5.76 Å². The van der Waals surface area contributed by atoms with Crippen LogP contribution in [-0.2, 0) is 9.84 Å². The summed E-state index contributed by atoms with van der Waals surface area (Å²) in [7, 11) is -3.56. The maximum atomic E-state index is 14.0. The van der Waals surface area contributed by atoms with Gasteiger partial charge in [0.05, 0.1) is 11.0 Å². The number of amides is 1. The van der Waals surface area contributed by atoms with Gasteiger partial charge in [0.25, 0.3) is 5.91 Å². The molecule has 24 heavy (non-hydrogen) atoms. The highest BCUT2D eigenvalue weighted by atomic mass is 32.2. The molecule has 1 aliphatic heterocycles. The number of hydrogen-bond donors (Lipinski definition) is 0. The van der Waals surface area contributed by atoms with Crippen LogP contribution in [0.5, 0.6) is 0 Å². The third kappa shape index (κ3) is 3.19. The zero-order chi connectivity index (χ0) is 17.3. The minimum absolute atomic E-state index is 0.0536.